The van der Waals surface area contributed by atoms with E-state index in [1.54, 1.807) is 24.0 Å². The van der Waals surface area contributed by atoms with Crippen molar-refractivity contribution in [1.82, 2.24) is 14.5 Å². The van der Waals surface area contributed by atoms with Gasteiger partial charge in [0.2, 0.25) is 5.91 Å². The van der Waals surface area contributed by atoms with Crippen molar-refractivity contribution < 1.29 is 9.53 Å². The lowest BCUT2D eigenvalue weighted by Crippen LogP contribution is -2.44. The summed E-state index contributed by atoms with van der Waals surface area (Å²) in [6.45, 7) is 9.10. The van der Waals surface area contributed by atoms with Gasteiger partial charge in [-0.05, 0) is 46.4 Å². The van der Waals surface area contributed by atoms with Crippen LogP contribution in [0.25, 0.3) is 10.8 Å². The summed E-state index contributed by atoms with van der Waals surface area (Å²) in [4.78, 5) is 44.1. The van der Waals surface area contributed by atoms with E-state index in [1.807, 2.05) is 58.0 Å². The van der Waals surface area contributed by atoms with E-state index in [1.165, 1.54) is 4.57 Å². The van der Waals surface area contributed by atoms with Gasteiger partial charge >= 0.3 is 5.69 Å². The Morgan fingerprint density at radius 2 is 1.72 bits per heavy atom. The van der Waals surface area contributed by atoms with Crippen LogP contribution in [0, 0.1) is 11.8 Å². The summed E-state index contributed by atoms with van der Waals surface area (Å²) in [6.07, 6.45) is 0. The molecule has 9 heteroatoms. The number of nitrogen functional groups attached to an aromatic ring is 1. The second-order valence-corrected chi connectivity index (χ2v) is 10.1. The van der Waals surface area contributed by atoms with Crippen LogP contribution in [-0.2, 0) is 17.9 Å². The summed E-state index contributed by atoms with van der Waals surface area (Å²) in [5.41, 5.74) is 6.34. The number of aromatic nitrogens is 2. The van der Waals surface area contributed by atoms with E-state index in [4.69, 9.17) is 10.5 Å². The maximum Gasteiger partial charge on any atom is 0.330 e. The molecule has 0 bridgehead atoms. The Morgan fingerprint density at radius 3 is 2.36 bits per heavy atom. The van der Waals surface area contributed by atoms with E-state index in [0.29, 0.717) is 19.6 Å². The molecule has 1 heterocycles. The number of hydrogen-bond acceptors (Lipinski definition) is 6. The topological polar surface area (TPSA) is 114 Å². The molecular weight excluding hydrogens is 458 g/mol. The first-order valence-corrected chi connectivity index (χ1v) is 12.2. The third-order valence-electron chi connectivity index (χ3n) is 5.95. The lowest BCUT2D eigenvalue weighted by atomic mass is 10.1. The normalized spacial score (nSPS) is 11.3. The number of rotatable bonds is 10. The van der Waals surface area contributed by atoms with E-state index in [9.17, 15) is 14.4 Å². The van der Waals surface area contributed by atoms with Crippen molar-refractivity contribution in [2.45, 2.75) is 40.8 Å². The first kappa shape index (κ1) is 26.8. The van der Waals surface area contributed by atoms with Crippen LogP contribution >= 0.6 is 0 Å². The molecule has 1 amide bonds. The van der Waals surface area contributed by atoms with Crippen LogP contribution < -0.4 is 26.6 Å². The molecular formula is C27H37N5O4. The Kier molecular flexibility index (Phi) is 8.45. The van der Waals surface area contributed by atoms with E-state index in [2.05, 4.69) is 11.1 Å². The molecule has 1 aromatic heterocycles. The van der Waals surface area contributed by atoms with Gasteiger partial charge < -0.3 is 20.3 Å². The van der Waals surface area contributed by atoms with Gasteiger partial charge in [0.25, 0.3) is 5.56 Å². The monoisotopic (exact) mass is 495 g/mol. The van der Waals surface area contributed by atoms with Crippen LogP contribution in [0.1, 0.15) is 33.3 Å². The zero-order chi connectivity index (χ0) is 26.6. The number of methoxy groups -OCH3 is 1. The minimum atomic E-state index is -0.585. The number of fused-ring (bicyclic) bond motifs is 1. The molecule has 0 aliphatic rings. The molecule has 194 valence electrons. The molecule has 0 radical (unpaired) electrons. The van der Waals surface area contributed by atoms with E-state index < -0.39 is 11.2 Å². The number of ether oxygens (including phenoxy) is 1. The number of nitrogens with two attached hydrogens (primary N) is 1. The molecule has 3 aromatic rings. The fraction of sp³-hybridized carbons (Fsp3) is 0.444. The smallest absolute Gasteiger partial charge is 0.330 e. The number of likely N-dealkylation sites (N-methyl/N-ethyl adjacent to an activating group) is 1. The Hall–Kier alpha value is -3.75. The van der Waals surface area contributed by atoms with Crippen LogP contribution in [0.2, 0.25) is 0 Å². The number of hydrogen-bond donors (Lipinski definition) is 2. The summed E-state index contributed by atoms with van der Waals surface area (Å²) < 4.78 is 6.66. The number of nitrogens with one attached hydrogen (secondary N) is 1. The first-order chi connectivity index (χ1) is 17.0. The molecule has 0 aliphatic heterocycles. The molecule has 0 spiro atoms. The van der Waals surface area contributed by atoms with Gasteiger partial charge in [-0.2, -0.15) is 0 Å². The Balaban J connectivity index is 1.85. The van der Waals surface area contributed by atoms with Crippen molar-refractivity contribution in [2.24, 2.45) is 11.8 Å². The number of amides is 1. The molecule has 36 heavy (non-hydrogen) atoms. The van der Waals surface area contributed by atoms with Gasteiger partial charge in [-0.15, -0.1) is 0 Å². The molecule has 2 aromatic carbocycles. The Morgan fingerprint density at radius 1 is 1.06 bits per heavy atom. The van der Waals surface area contributed by atoms with Crippen LogP contribution in [0.5, 0.6) is 5.75 Å². The zero-order valence-corrected chi connectivity index (χ0v) is 22.0. The minimum Gasteiger partial charge on any atom is -0.497 e. The van der Waals surface area contributed by atoms with Crippen molar-refractivity contribution in [2.75, 3.05) is 37.9 Å². The molecule has 9 nitrogen and oxygen atoms in total. The highest BCUT2D eigenvalue weighted by Gasteiger charge is 2.23. The number of carbonyl (C=O) groups is 1. The fourth-order valence-corrected chi connectivity index (χ4v) is 4.25. The second-order valence-electron chi connectivity index (χ2n) is 10.1. The summed E-state index contributed by atoms with van der Waals surface area (Å²) >= 11 is 0. The number of H-pyrrole nitrogens is 1. The standard InChI is InChI=1S/C27H37N5O4/c1-17(2)13-31(24-25(28)32(14-18(3)4)27(35)29-26(24)34)16-23(33)30(5)15-19-7-8-21-12-22(36-6)10-9-20(21)11-19/h7-12,17-18H,13-16,28H2,1-6H3,(H,29,34,35). The van der Waals surface area contributed by atoms with Gasteiger partial charge in [0, 0.05) is 26.7 Å². The highest BCUT2D eigenvalue weighted by atomic mass is 16.5. The maximum absolute atomic E-state index is 13.3. The second kappa shape index (κ2) is 11.3. The van der Waals surface area contributed by atoms with Gasteiger partial charge in [0.05, 0.1) is 13.7 Å². The molecule has 0 saturated carbocycles. The van der Waals surface area contributed by atoms with Gasteiger partial charge in [0.1, 0.15) is 17.3 Å². The predicted molar refractivity (Wildman–Crippen MR) is 145 cm³/mol. The number of benzene rings is 2. The van der Waals surface area contributed by atoms with Gasteiger partial charge in [-0.25, -0.2) is 4.79 Å². The van der Waals surface area contributed by atoms with E-state index >= 15 is 0 Å². The number of aromatic amines is 1. The van der Waals surface area contributed by atoms with Crippen molar-refractivity contribution in [1.29, 1.82) is 0 Å². The lowest BCUT2D eigenvalue weighted by molar-refractivity contribution is -0.129. The van der Waals surface area contributed by atoms with Crippen LogP contribution in [0.3, 0.4) is 0 Å². The molecule has 0 saturated heterocycles. The first-order valence-electron chi connectivity index (χ1n) is 12.2. The highest BCUT2D eigenvalue weighted by molar-refractivity contribution is 5.85. The van der Waals surface area contributed by atoms with Crippen molar-refractivity contribution in [3.63, 3.8) is 0 Å². The third kappa shape index (κ3) is 6.27. The highest BCUT2D eigenvalue weighted by Crippen LogP contribution is 2.23. The van der Waals surface area contributed by atoms with E-state index in [-0.39, 0.29) is 35.8 Å². The zero-order valence-electron chi connectivity index (χ0n) is 22.0. The maximum atomic E-state index is 13.3. The predicted octanol–water partition coefficient (Wildman–Crippen LogP) is 3.06. The summed E-state index contributed by atoms with van der Waals surface area (Å²) in [5.74, 6) is 1.02. The quantitative estimate of drug-likeness (QED) is 0.447. The van der Waals surface area contributed by atoms with Gasteiger partial charge in [0.15, 0.2) is 0 Å². The number of nitrogens with zero attached hydrogens (tertiary/aromatic N) is 3. The third-order valence-corrected chi connectivity index (χ3v) is 5.95. The fourth-order valence-electron chi connectivity index (χ4n) is 4.25. The summed E-state index contributed by atoms with van der Waals surface area (Å²) in [7, 11) is 3.38. The molecule has 3 rings (SSSR count). The Labute approximate surface area is 211 Å². The average molecular weight is 496 g/mol. The van der Waals surface area contributed by atoms with Crippen molar-refractivity contribution >= 4 is 28.2 Å². The van der Waals surface area contributed by atoms with Gasteiger partial charge in [-0.3, -0.25) is 19.1 Å². The van der Waals surface area contributed by atoms with Crippen LogP contribution in [0.4, 0.5) is 11.5 Å². The minimum absolute atomic E-state index is 0.0351. The SMILES string of the molecule is COc1ccc2cc(CN(C)C(=O)CN(CC(C)C)c3c(N)n(CC(C)C)c(=O)[nH]c3=O)ccc2c1. The molecule has 0 atom stereocenters. The van der Waals surface area contributed by atoms with Crippen molar-refractivity contribution in [3.8, 4) is 5.75 Å². The van der Waals surface area contributed by atoms with Crippen LogP contribution in [-0.4, -0.2) is 47.6 Å². The summed E-state index contributed by atoms with van der Waals surface area (Å²) in [5, 5.41) is 2.11. The lowest BCUT2D eigenvalue weighted by Gasteiger charge is -2.29. The number of carbonyl (C=O) groups excluding carboxylic acids is 1. The van der Waals surface area contributed by atoms with Crippen molar-refractivity contribution in [3.05, 3.63) is 62.8 Å². The largest absolute Gasteiger partial charge is 0.497 e. The van der Waals surface area contributed by atoms with Crippen LogP contribution in [0.15, 0.2) is 46.0 Å². The Bertz CT molecular complexity index is 1340. The van der Waals surface area contributed by atoms with E-state index in [0.717, 1.165) is 22.1 Å². The molecule has 0 unspecified atom stereocenters. The summed E-state index contributed by atoms with van der Waals surface area (Å²) in [6, 6.07) is 11.9. The molecule has 3 N–H and O–H groups in total. The molecule has 0 fully saturated rings. The van der Waals surface area contributed by atoms with Gasteiger partial charge in [-0.1, -0.05) is 45.9 Å². The average Bonchev–Trinajstić information content (AvgIpc) is 2.80. The number of anilines is 2. The molecule has 0 aliphatic carbocycles.